The van der Waals surface area contributed by atoms with E-state index in [9.17, 15) is 13.2 Å². The fourth-order valence-corrected chi connectivity index (χ4v) is 5.30. The summed E-state index contributed by atoms with van der Waals surface area (Å²) in [7, 11) is -3.53. The van der Waals surface area contributed by atoms with Crippen LogP contribution in [0.3, 0.4) is 0 Å². The standard InChI is InChI=1S/C20H31N3O4S/c1-16(2)18-5-7-19(8-6-18)28(25,26)23-9-3-4-17(15-23)14-20(24)21-22-10-12-27-13-11-22/h5-8,16-17H,3-4,9-15H2,1-2H3,(H,21,24). The molecule has 1 unspecified atom stereocenters. The third-order valence-electron chi connectivity index (χ3n) is 5.43. The molecule has 2 heterocycles. The molecule has 1 N–H and O–H groups in total. The minimum Gasteiger partial charge on any atom is -0.379 e. The van der Waals surface area contributed by atoms with Gasteiger partial charge in [0.1, 0.15) is 0 Å². The molecule has 0 aromatic heterocycles. The van der Waals surface area contributed by atoms with Gasteiger partial charge in [0, 0.05) is 32.6 Å². The van der Waals surface area contributed by atoms with Crippen LogP contribution in [0.1, 0.15) is 44.6 Å². The Morgan fingerprint density at radius 2 is 1.86 bits per heavy atom. The molecule has 1 amide bonds. The zero-order valence-corrected chi connectivity index (χ0v) is 17.6. The van der Waals surface area contributed by atoms with Gasteiger partial charge in [0.05, 0.1) is 18.1 Å². The van der Waals surface area contributed by atoms with Crippen LogP contribution in [0, 0.1) is 5.92 Å². The van der Waals surface area contributed by atoms with Gasteiger partial charge in [-0.05, 0) is 42.4 Å². The lowest BCUT2D eigenvalue weighted by Crippen LogP contribution is -2.49. The number of nitrogens with one attached hydrogen (secondary N) is 1. The number of ether oxygens (including phenoxy) is 1. The van der Waals surface area contributed by atoms with Crippen LogP contribution in [0.25, 0.3) is 0 Å². The van der Waals surface area contributed by atoms with Crippen LogP contribution in [-0.4, -0.2) is 63.0 Å². The molecule has 0 aliphatic carbocycles. The molecule has 0 saturated carbocycles. The average molecular weight is 410 g/mol. The highest BCUT2D eigenvalue weighted by atomic mass is 32.2. The van der Waals surface area contributed by atoms with Gasteiger partial charge in [-0.3, -0.25) is 10.2 Å². The van der Waals surface area contributed by atoms with E-state index in [4.69, 9.17) is 4.74 Å². The summed E-state index contributed by atoms with van der Waals surface area (Å²) in [4.78, 5) is 12.7. The lowest BCUT2D eigenvalue weighted by atomic mass is 9.96. The molecule has 28 heavy (non-hydrogen) atoms. The Morgan fingerprint density at radius 1 is 1.18 bits per heavy atom. The van der Waals surface area contributed by atoms with Crippen LogP contribution in [0.15, 0.2) is 29.2 Å². The quantitative estimate of drug-likeness (QED) is 0.777. The topological polar surface area (TPSA) is 79.0 Å². The highest BCUT2D eigenvalue weighted by Crippen LogP contribution is 2.26. The third kappa shape index (κ3) is 5.31. The Morgan fingerprint density at radius 3 is 2.50 bits per heavy atom. The second-order valence-electron chi connectivity index (χ2n) is 7.93. The summed E-state index contributed by atoms with van der Waals surface area (Å²) in [5.41, 5.74) is 4.04. The lowest BCUT2D eigenvalue weighted by molar-refractivity contribution is -0.129. The molecule has 2 saturated heterocycles. The predicted octanol–water partition coefficient (Wildman–Crippen LogP) is 1.96. The lowest BCUT2D eigenvalue weighted by Gasteiger charge is -2.32. The Balaban J connectivity index is 1.59. The normalized spacial score (nSPS) is 22.3. The Kier molecular flexibility index (Phi) is 7.09. The molecule has 2 aliphatic rings. The van der Waals surface area contributed by atoms with Crippen LogP contribution in [0.5, 0.6) is 0 Å². The molecular formula is C20H31N3O4S. The van der Waals surface area contributed by atoms with E-state index in [2.05, 4.69) is 19.3 Å². The molecule has 2 aliphatic heterocycles. The maximum atomic E-state index is 13.0. The van der Waals surface area contributed by atoms with E-state index < -0.39 is 10.0 Å². The first-order valence-corrected chi connectivity index (χ1v) is 11.5. The maximum absolute atomic E-state index is 13.0. The summed E-state index contributed by atoms with van der Waals surface area (Å²) in [6.45, 7) is 7.67. The van der Waals surface area contributed by atoms with Crippen molar-refractivity contribution >= 4 is 15.9 Å². The monoisotopic (exact) mass is 409 g/mol. The molecule has 0 spiro atoms. The number of carbonyl (C=O) groups excluding carboxylic acids is 1. The van der Waals surface area contributed by atoms with E-state index >= 15 is 0 Å². The van der Waals surface area contributed by atoms with E-state index in [0.29, 0.717) is 56.6 Å². The van der Waals surface area contributed by atoms with Gasteiger partial charge in [-0.2, -0.15) is 4.31 Å². The molecular weight excluding hydrogens is 378 g/mol. The fraction of sp³-hybridized carbons (Fsp3) is 0.650. The van der Waals surface area contributed by atoms with Gasteiger partial charge in [0.15, 0.2) is 0 Å². The second-order valence-corrected chi connectivity index (χ2v) is 9.87. The SMILES string of the molecule is CC(C)c1ccc(S(=O)(=O)N2CCCC(CC(=O)NN3CCOCC3)C2)cc1. The number of carbonyl (C=O) groups is 1. The van der Waals surface area contributed by atoms with Crippen LogP contribution in [0.4, 0.5) is 0 Å². The van der Waals surface area contributed by atoms with Crippen LogP contribution in [0.2, 0.25) is 0 Å². The minimum atomic E-state index is -3.53. The van der Waals surface area contributed by atoms with Crippen molar-refractivity contribution in [3.63, 3.8) is 0 Å². The number of hydrogen-bond acceptors (Lipinski definition) is 5. The first-order valence-electron chi connectivity index (χ1n) is 10.1. The van der Waals surface area contributed by atoms with Crippen molar-refractivity contribution in [3.8, 4) is 0 Å². The highest BCUT2D eigenvalue weighted by Gasteiger charge is 2.31. The van der Waals surface area contributed by atoms with Crippen LogP contribution in [-0.2, 0) is 19.6 Å². The Hall–Kier alpha value is -1.48. The second kappa shape index (κ2) is 9.35. The third-order valence-corrected chi connectivity index (χ3v) is 7.31. The number of hydrogen-bond donors (Lipinski definition) is 1. The van der Waals surface area contributed by atoms with Gasteiger partial charge in [0.25, 0.3) is 0 Å². The summed E-state index contributed by atoms with van der Waals surface area (Å²) in [5.74, 6) is 0.355. The minimum absolute atomic E-state index is 0.0412. The molecule has 0 radical (unpaired) electrons. The number of piperidine rings is 1. The van der Waals surface area contributed by atoms with Gasteiger partial charge in [-0.15, -0.1) is 0 Å². The Bertz CT molecular complexity index is 758. The number of nitrogens with zero attached hydrogens (tertiary/aromatic N) is 2. The Labute approximate surface area is 168 Å². The first-order chi connectivity index (χ1) is 13.4. The molecule has 1 aromatic carbocycles. The molecule has 8 heteroatoms. The number of amides is 1. The molecule has 0 bridgehead atoms. The summed E-state index contributed by atoms with van der Waals surface area (Å²) in [5, 5.41) is 1.87. The van der Waals surface area contributed by atoms with Crippen molar-refractivity contribution in [2.24, 2.45) is 5.92 Å². The van der Waals surface area contributed by atoms with Crippen molar-refractivity contribution in [1.82, 2.24) is 14.7 Å². The number of hydrazine groups is 1. The van der Waals surface area contributed by atoms with E-state index in [1.54, 1.807) is 12.1 Å². The van der Waals surface area contributed by atoms with Gasteiger partial charge < -0.3 is 4.74 Å². The summed E-state index contributed by atoms with van der Waals surface area (Å²) in [6, 6.07) is 7.16. The van der Waals surface area contributed by atoms with E-state index in [0.717, 1.165) is 18.4 Å². The molecule has 3 rings (SSSR count). The number of benzene rings is 1. The number of sulfonamides is 1. The van der Waals surface area contributed by atoms with E-state index in [1.165, 1.54) is 4.31 Å². The molecule has 156 valence electrons. The van der Waals surface area contributed by atoms with Gasteiger partial charge in [0.2, 0.25) is 15.9 Å². The summed E-state index contributed by atoms with van der Waals surface area (Å²) >= 11 is 0. The average Bonchev–Trinajstić information content (AvgIpc) is 2.69. The zero-order valence-electron chi connectivity index (χ0n) is 16.8. The maximum Gasteiger partial charge on any atom is 0.243 e. The fourth-order valence-electron chi connectivity index (χ4n) is 3.74. The van der Waals surface area contributed by atoms with Crippen molar-refractivity contribution in [1.29, 1.82) is 0 Å². The van der Waals surface area contributed by atoms with Crippen molar-refractivity contribution < 1.29 is 17.9 Å². The zero-order chi connectivity index (χ0) is 20.1. The molecule has 1 aromatic rings. The van der Waals surface area contributed by atoms with Gasteiger partial charge >= 0.3 is 0 Å². The summed E-state index contributed by atoms with van der Waals surface area (Å²) in [6.07, 6.45) is 1.99. The van der Waals surface area contributed by atoms with Gasteiger partial charge in [-0.1, -0.05) is 26.0 Å². The van der Waals surface area contributed by atoms with Crippen LogP contribution < -0.4 is 5.43 Å². The first kappa shape index (κ1) is 21.2. The smallest absolute Gasteiger partial charge is 0.243 e. The summed E-state index contributed by atoms with van der Waals surface area (Å²) < 4.78 is 32.9. The van der Waals surface area contributed by atoms with Crippen molar-refractivity contribution in [2.75, 3.05) is 39.4 Å². The van der Waals surface area contributed by atoms with E-state index in [-0.39, 0.29) is 11.8 Å². The van der Waals surface area contributed by atoms with Crippen molar-refractivity contribution in [2.45, 2.75) is 43.9 Å². The molecule has 1 atom stereocenters. The number of morpholine rings is 1. The molecule has 7 nitrogen and oxygen atoms in total. The van der Waals surface area contributed by atoms with E-state index in [1.807, 2.05) is 17.1 Å². The molecule has 2 fully saturated rings. The van der Waals surface area contributed by atoms with Crippen LogP contribution >= 0.6 is 0 Å². The number of rotatable bonds is 6. The van der Waals surface area contributed by atoms with Crippen molar-refractivity contribution in [3.05, 3.63) is 29.8 Å². The highest BCUT2D eigenvalue weighted by molar-refractivity contribution is 7.89. The largest absolute Gasteiger partial charge is 0.379 e. The predicted molar refractivity (Wildman–Crippen MR) is 107 cm³/mol. The van der Waals surface area contributed by atoms with Gasteiger partial charge in [-0.25, -0.2) is 13.4 Å².